The van der Waals surface area contributed by atoms with Crippen molar-refractivity contribution in [1.29, 1.82) is 0 Å². The van der Waals surface area contributed by atoms with Gasteiger partial charge in [-0.25, -0.2) is 0 Å². The van der Waals surface area contributed by atoms with Crippen molar-refractivity contribution in [3.63, 3.8) is 0 Å². The Labute approximate surface area is 113 Å². The van der Waals surface area contributed by atoms with Crippen LogP contribution in [0, 0.1) is 0 Å². The van der Waals surface area contributed by atoms with Crippen molar-refractivity contribution in [2.75, 3.05) is 24.6 Å². The summed E-state index contributed by atoms with van der Waals surface area (Å²) >= 11 is 1.46. The highest BCUT2D eigenvalue weighted by molar-refractivity contribution is 7.99. The number of carbonyl (C=O) groups is 2. The van der Waals surface area contributed by atoms with Gasteiger partial charge >= 0.3 is 5.97 Å². The van der Waals surface area contributed by atoms with E-state index in [9.17, 15) is 14.7 Å². The topological polar surface area (TPSA) is 78.4 Å². The van der Waals surface area contributed by atoms with E-state index in [1.165, 1.54) is 11.8 Å². The molecular weight excluding hydrogens is 252 g/mol. The van der Waals surface area contributed by atoms with Gasteiger partial charge in [-0.2, -0.15) is 11.8 Å². The van der Waals surface area contributed by atoms with E-state index in [0.717, 1.165) is 6.42 Å². The molecule has 3 N–H and O–H groups in total. The van der Waals surface area contributed by atoms with Crippen LogP contribution < -0.4 is 10.6 Å². The third-order valence-electron chi connectivity index (χ3n) is 2.59. The van der Waals surface area contributed by atoms with E-state index in [1.54, 1.807) is 6.92 Å². The molecule has 0 saturated carbocycles. The van der Waals surface area contributed by atoms with Crippen molar-refractivity contribution in [2.24, 2.45) is 0 Å². The molecule has 0 saturated heterocycles. The Morgan fingerprint density at radius 3 is 2.50 bits per heavy atom. The fourth-order valence-electron chi connectivity index (χ4n) is 1.36. The van der Waals surface area contributed by atoms with Crippen molar-refractivity contribution >= 4 is 23.6 Å². The second-order valence-corrected chi connectivity index (χ2v) is 5.43. The third-order valence-corrected chi connectivity index (χ3v) is 3.55. The van der Waals surface area contributed by atoms with Crippen molar-refractivity contribution in [2.45, 2.75) is 39.2 Å². The van der Waals surface area contributed by atoms with Crippen LogP contribution in [0.2, 0.25) is 0 Å². The molecule has 0 radical (unpaired) electrons. The van der Waals surface area contributed by atoms with Crippen molar-refractivity contribution in [3.05, 3.63) is 0 Å². The van der Waals surface area contributed by atoms with Crippen LogP contribution in [0.1, 0.15) is 33.6 Å². The molecule has 0 fully saturated rings. The predicted molar refractivity (Wildman–Crippen MR) is 75.0 cm³/mol. The minimum atomic E-state index is -0.899. The summed E-state index contributed by atoms with van der Waals surface area (Å²) < 4.78 is 0. The number of rotatable bonds is 10. The SMILES string of the molecule is CCCNC(C)(CCSCC(=O)NCC)C(=O)O. The highest BCUT2D eigenvalue weighted by atomic mass is 32.2. The molecular formula is C12H24N2O3S. The quantitative estimate of drug-likeness (QED) is 0.521. The van der Waals surface area contributed by atoms with Gasteiger partial charge in [0.2, 0.25) is 5.91 Å². The molecule has 0 bridgehead atoms. The third kappa shape index (κ3) is 6.86. The zero-order valence-corrected chi connectivity index (χ0v) is 12.2. The second-order valence-electron chi connectivity index (χ2n) is 4.32. The summed E-state index contributed by atoms with van der Waals surface area (Å²) in [5.74, 6) is 0.198. The first-order chi connectivity index (χ1) is 8.46. The number of aliphatic carboxylic acids is 1. The number of carboxylic acid groups (broad SMARTS) is 1. The highest BCUT2D eigenvalue weighted by Gasteiger charge is 2.31. The first-order valence-electron chi connectivity index (χ1n) is 6.29. The van der Waals surface area contributed by atoms with Crippen LogP contribution in [0.15, 0.2) is 0 Å². The average Bonchev–Trinajstić information content (AvgIpc) is 2.32. The summed E-state index contributed by atoms with van der Waals surface area (Å²) in [6.45, 7) is 6.88. The predicted octanol–water partition coefficient (Wildman–Crippen LogP) is 1.09. The minimum absolute atomic E-state index is 0.000968. The van der Waals surface area contributed by atoms with Gasteiger partial charge < -0.3 is 15.7 Å². The highest BCUT2D eigenvalue weighted by Crippen LogP contribution is 2.14. The summed E-state index contributed by atoms with van der Waals surface area (Å²) in [6.07, 6.45) is 1.40. The van der Waals surface area contributed by atoms with Crippen molar-refractivity contribution in [3.8, 4) is 0 Å². The number of amides is 1. The van der Waals surface area contributed by atoms with Gasteiger partial charge in [0.05, 0.1) is 5.75 Å². The van der Waals surface area contributed by atoms with Crippen LogP contribution >= 0.6 is 11.8 Å². The van der Waals surface area contributed by atoms with Crippen LogP contribution in [-0.4, -0.2) is 47.1 Å². The average molecular weight is 276 g/mol. The molecule has 0 aliphatic heterocycles. The van der Waals surface area contributed by atoms with Gasteiger partial charge in [-0.15, -0.1) is 0 Å². The van der Waals surface area contributed by atoms with Crippen LogP contribution in [0.3, 0.4) is 0 Å². The molecule has 5 nitrogen and oxygen atoms in total. The Kier molecular flexibility index (Phi) is 8.83. The van der Waals surface area contributed by atoms with E-state index in [-0.39, 0.29) is 5.91 Å². The summed E-state index contributed by atoms with van der Waals surface area (Å²) in [7, 11) is 0. The van der Waals surface area contributed by atoms with Gasteiger partial charge in [-0.3, -0.25) is 9.59 Å². The molecule has 18 heavy (non-hydrogen) atoms. The lowest BCUT2D eigenvalue weighted by atomic mass is 9.99. The van der Waals surface area contributed by atoms with Gasteiger partial charge in [0, 0.05) is 6.54 Å². The Morgan fingerprint density at radius 1 is 1.33 bits per heavy atom. The smallest absolute Gasteiger partial charge is 0.323 e. The number of carboxylic acids is 1. The zero-order chi connectivity index (χ0) is 14.0. The monoisotopic (exact) mass is 276 g/mol. The van der Waals surface area contributed by atoms with Crippen molar-refractivity contribution in [1.82, 2.24) is 10.6 Å². The fourth-order valence-corrected chi connectivity index (χ4v) is 2.35. The molecule has 6 heteroatoms. The summed E-state index contributed by atoms with van der Waals surface area (Å²) in [5.41, 5.74) is -0.899. The van der Waals surface area contributed by atoms with Gasteiger partial charge in [0.15, 0.2) is 0 Å². The number of thioether (sulfide) groups is 1. The molecule has 0 aromatic heterocycles. The molecule has 0 aliphatic carbocycles. The largest absolute Gasteiger partial charge is 0.480 e. The molecule has 1 unspecified atom stereocenters. The minimum Gasteiger partial charge on any atom is -0.480 e. The standard InChI is InChI=1S/C12H24N2O3S/c1-4-7-14-12(3,11(16)17)6-8-18-9-10(15)13-5-2/h14H,4-9H2,1-3H3,(H,13,15)(H,16,17). The van der Waals surface area contributed by atoms with Crippen LogP contribution in [0.5, 0.6) is 0 Å². The lowest BCUT2D eigenvalue weighted by molar-refractivity contribution is -0.144. The molecule has 0 aromatic carbocycles. The maximum absolute atomic E-state index is 11.2. The second kappa shape index (κ2) is 9.22. The molecule has 0 rings (SSSR count). The molecule has 0 aromatic rings. The van der Waals surface area contributed by atoms with E-state index in [0.29, 0.717) is 31.0 Å². The van der Waals surface area contributed by atoms with E-state index < -0.39 is 11.5 Å². The molecule has 0 heterocycles. The Balaban J connectivity index is 3.97. The fraction of sp³-hybridized carbons (Fsp3) is 0.833. The maximum atomic E-state index is 11.2. The number of hydrogen-bond acceptors (Lipinski definition) is 4. The molecule has 1 atom stereocenters. The number of carbonyl (C=O) groups excluding carboxylic acids is 1. The Bertz CT molecular complexity index is 274. The summed E-state index contributed by atoms with van der Waals surface area (Å²) in [4.78, 5) is 22.4. The van der Waals surface area contributed by atoms with E-state index in [4.69, 9.17) is 0 Å². The molecule has 0 spiro atoms. The van der Waals surface area contributed by atoms with Crippen molar-refractivity contribution < 1.29 is 14.7 Å². The molecule has 1 amide bonds. The Morgan fingerprint density at radius 2 is 2.00 bits per heavy atom. The van der Waals surface area contributed by atoms with Crippen LogP contribution in [-0.2, 0) is 9.59 Å². The zero-order valence-electron chi connectivity index (χ0n) is 11.4. The lowest BCUT2D eigenvalue weighted by Gasteiger charge is -2.26. The maximum Gasteiger partial charge on any atom is 0.323 e. The number of nitrogens with one attached hydrogen (secondary N) is 2. The first kappa shape index (κ1) is 17.2. The normalized spacial score (nSPS) is 13.9. The van der Waals surface area contributed by atoms with E-state index in [2.05, 4.69) is 10.6 Å². The first-order valence-corrected chi connectivity index (χ1v) is 7.44. The van der Waals surface area contributed by atoms with Gasteiger partial charge in [0.1, 0.15) is 5.54 Å². The van der Waals surface area contributed by atoms with Crippen LogP contribution in [0.4, 0.5) is 0 Å². The lowest BCUT2D eigenvalue weighted by Crippen LogP contribution is -2.50. The van der Waals surface area contributed by atoms with Crippen LogP contribution in [0.25, 0.3) is 0 Å². The van der Waals surface area contributed by atoms with E-state index >= 15 is 0 Å². The summed E-state index contributed by atoms with van der Waals surface area (Å²) in [6, 6.07) is 0. The Hall–Kier alpha value is -0.750. The van der Waals surface area contributed by atoms with Gasteiger partial charge in [-0.05, 0) is 39.0 Å². The summed E-state index contributed by atoms with van der Waals surface area (Å²) in [5, 5.41) is 15.0. The molecule has 0 aliphatic rings. The van der Waals surface area contributed by atoms with Gasteiger partial charge in [-0.1, -0.05) is 6.92 Å². The van der Waals surface area contributed by atoms with E-state index in [1.807, 2.05) is 13.8 Å². The molecule has 106 valence electrons. The number of hydrogen-bond donors (Lipinski definition) is 3. The van der Waals surface area contributed by atoms with Gasteiger partial charge in [0.25, 0.3) is 0 Å².